The second-order valence-corrected chi connectivity index (χ2v) is 9.55. The molecule has 1 aliphatic rings. The number of likely N-dealkylation sites (tertiary alicyclic amines) is 1. The van der Waals surface area contributed by atoms with Crippen molar-refractivity contribution in [3.8, 4) is 0 Å². The van der Waals surface area contributed by atoms with E-state index in [4.69, 9.17) is 9.47 Å². The van der Waals surface area contributed by atoms with Crippen molar-refractivity contribution in [2.75, 3.05) is 47.0 Å². The van der Waals surface area contributed by atoms with Crippen LogP contribution in [-0.2, 0) is 19.1 Å². The van der Waals surface area contributed by atoms with E-state index in [2.05, 4.69) is 22.5 Å². The lowest BCUT2D eigenvalue weighted by Crippen LogP contribution is -2.72. The van der Waals surface area contributed by atoms with Gasteiger partial charge in [-0.05, 0) is 38.8 Å². The molecule has 0 radical (unpaired) electrons. The Bertz CT molecular complexity index is 856. The fraction of sp³-hybridized carbons (Fsp3) is 0.667. The summed E-state index contributed by atoms with van der Waals surface area (Å²) in [6.07, 6.45) is 1.89. The van der Waals surface area contributed by atoms with Gasteiger partial charge in [0.2, 0.25) is 11.8 Å². The predicted molar refractivity (Wildman–Crippen MR) is 139 cm³/mol. The van der Waals surface area contributed by atoms with Gasteiger partial charge >= 0.3 is 6.03 Å². The zero-order valence-corrected chi connectivity index (χ0v) is 22.8. The summed E-state index contributed by atoms with van der Waals surface area (Å²) in [6, 6.07) is 7.33. The molecule has 1 heterocycles. The molecule has 1 aromatic carbocycles. The number of urea groups is 1. The number of amides is 4. The minimum absolute atomic E-state index is 0.215. The van der Waals surface area contributed by atoms with Gasteiger partial charge < -0.3 is 25.0 Å². The first-order chi connectivity index (χ1) is 17.2. The number of hydrogen-bond donors (Lipinski definition) is 2. The normalized spacial score (nSPS) is 17.6. The van der Waals surface area contributed by atoms with Gasteiger partial charge in [0.05, 0.1) is 18.1 Å². The standard InChI is InChI=1S/C27H44N4O5/c1-7-10-22(21-13-11-20(4)12-14-21)29-26(34)31-24(33)27(8-2,9-3)25(31)36-19-23(32)28-15-16-30(5)17-18-35-6/h11-14,22,25H,7-10,15-19H2,1-6H3,(H,28,32)(H,29,34)/t22-,25+/m1/s1. The molecular formula is C27H44N4O5. The van der Waals surface area contributed by atoms with Crippen molar-refractivity contribution < 1.29 is 23.9 Å². The molecule has 0 saturated carbocycles. The van der Waals surface area contributed by atoms with Crippen LogP contribution >= 0.6 is 0 Å². The summed E-state index contributed by atoms with van der Waals surface area (Å²) in [6.45, 7) is 10.2. The topological polar surface area (TPSA) is 100 Å². The van der Waals surface area contributed by atoms with E-state index in [1.165, 1.54) is 0 Å². The number of β-lactam (4-membered cyclic amide) rings is 1. The first-order valence-electron chi connectivity index (χ1n) is 13.0. The van der Waals surface area contributed by atoms with Crippen LogP contribution in [0, 0.1) is 12.3 Å². The van der Waals surface area contributed by atoms with Gasteiger partial charge in [-0.15, -0.1) is 0 Å². The summed E-state index contributed by atoms with van der Waals surface area (Å²) in [5.41, 5.74) is 1.33. The number of aryl methyl sites for hydroxylation is 1. The third-order valence-corrected chi connectivity index (χ3v) is 7.05. The van der Waals surface area contributed by atoms with E-state index in [1.54, 1.807) is 7.11 Å². The Hall–Kier alpha value is -2.49. The van der Waals surface area contributed by atoms with Gasteiger partial charge in [0.25, 0.3) is 0 Å². The number of carbonyl (C=O) groups excluding carboxylic acids is 3. The van der Waals surface area contributed by atoms with Gasteiger partial charge in [0.1, 0.15) is 6.61 Å². The lowest BCUT2D eigenvalue weighted by molar-refractivity contribution is -0.210. The van der Waals surface area contributed by atoms with Gasteiger partial charge in [-0.1, -0.05) is 57.0 Å². The minimum Gasteiger partial charge on any atom is -0.383 e. The number of methoxy groups -OCH3 is 1. The summed E-state index contributed by atoms with van der Waals surface area (Å²) < 4.78 is 11.0. The van der Waals surface area contributed by atoms with Crippen LogP contribution < -0.4 is 10.6 Å². The number of nitrogens with one attached hydrogen (secondary N) is 2. The van der Waals surface area contributed by atoms with Gasteiger partial charge in [-0.25, -0.2) is 9.69 Å². The maximum absolute atomic E-state index is 13.3. The monoisotopic (exact) mass is 504 g/mol. The van der Waals surface area contributed by atoms with Crippen molar-refractivity contribution in [2.24, 2.45) is 5.41 Å². The highest BCUT2D eigenvalue weighted by atomic mass is 16.5. The van der Waals surface area contributed by atoms with E-state index in [9.17, 15) is 14.4 Å². The van der Waals surface area contributed by atoms with Gasteiger partial charge in [-0.3, -0.25) is 9.59 Å². The largest absolute Gasteiger partial charge is 0.383 e. The van der Waals surface area contributed by atoms with E-state index in [0.717, 1.165) is 35.4 Å². The van der Waals surface area contributed by atoms with E-state index < -0.39 is 17.7 Å². The van der Waals surface area contributed by atoms with Crippen molar-refractivity contribution in [1.82, 2.24) is 20.4 Å². The fourth-order valence-electron chi connectivity index (χ4n) is 4.55. The molecule has 2 rings (SSSR count). The second-order valence-electron chi connectivity index (χ2n) is 9.55. The zero-order valence-electron chi connectivity index (χ0n) is 22.8. The lowest BCUT2D eigenvalue weighted by atomic mass is 9.72. The number of carbonyl (C=O) groups is 3. The Balaban J connectivity index is 2.02. The number of nitrogens with zero attached hydrogens (tertiary/aromatic N) is 2. The Morgan fingerprint density at radius 3 is 2.39 bits per heavy atom. The molecule has 0 unspecified atom stereocenters. The molecule has 9 nitrogen and oxygen atoms in total. The van der Waals surface area contributed by atoms with Crippen molar-refractivity contribution in [2.45, 2.75) is 65.6 Å². The van der Waals surface area contributed by atoms with E-state index in [0.29, 0.717) is 32.5 Å². The summed E-state index contributed by atoms with van der Waals surface area (Å²) >= 11 is 0. The first-order valence-corrected chi connectivity index (χ1v) is 13.0. The van der Waals surface area contributed by atoms with E-state index >= 15 is 0 Å². The Labute approximate surface area is 215 Å². The molecule has 0 aromatic heterocycles. The SMILES string of the molecule is CCC[C@@H](NC(=O)N1C(=O)C(CC)(CC)[C@@H]1OCC(=O)NCCN(C)CCOC)c1ccc(C)cc1. The molecule has 2 N–H and O–H groups in total. The molecule has 1 aliphatic heterocycles. The Morgan fingerprint density at radius 2 is 1.81 bits per heavy atom. The molecule has 1 aromatic rings. The molecule has 1 saturated heterocycles. The van der Waals surface area contributed by atoms with Crippen molar-refractivity contribution >= 4 is 17.8 Å². The summed E-state index contributed by atoms with van der Waals surface area (Å²) in [4.78, 5) is 42.1. The number of likely N-dealkylation sites (N-methyl/N-ethyl adjacent to an activating group) is 1. The van der Waals surface area contributed by atoms with Crippen molar-refractivity contribution in [1.29, 1.82) is 0 Å². The summed E-state index contributed by atoms with van der Waals surface area (Å²) in [5, 5.41) is 5.86. The number of imide groups is 1. The van der Waals surface area contributed by atoms with E-state index in [1.807, 2.05) is 52.1 Å². The smallest absolute Gasteiger partial charge is 0.326 e. The highest BCUT2D eigenvalue weighted by Crippen LogP contribution is 2.46. The Kier molecular flexibility index (Phi) is 11.8. The third kappa shape index (κ3) is 7.27. The number of benzene rings is 1. The van der Waals surface area contributed by atoms with E-state index in [-0.39, 0.29) is 24.5 Å². The first kappa shape index (κ1) is 29.7. The highest BCUT2D eigenvalue weighted by molar-refractivity contribution is 6.03. The van der Waals surface area contributed by atoms with Crippen LogP contribution in [0.5, 0.6) is 0 Å². The van der Waals surface area contributed by atoms with Crippen molar-refractivity contribution in [3.05, 3.63) is 35.4 Å². The summed E-state index contributed by atoms with van der Waals surface area (Å²) in [5.74, 6) is -0.534. The molecular weight excluding hydrogens is 460 g/mol. The maximum atomic E-state index is 13.3. The average molecular weight is 505 g/mol. The summed E-state index contributed by atoms with van der Waals surface area (Å²) in [7, 11) is 3.61. The van der Waals surface area contributed by atoms with Crippen LogP contribution in [0.25, 0.3) is 0 Å². The molecule has 0 bridgehead atoms. The fourth-order valence-corrected chi connectivity index (χ4v) is 4.55. The Morgan fingerprint density at radius 1 is 1.14 bits per heavy atom. The molecule has 2 atom stereocenters. The molecule has 9 heteroatoms. The minimum atomic E-state index is -0.803. The van der Waals surface area contributed by atoms with Gasteiger partial charge in [0.15, 0.2) is 6.23 Å². The average Bonchev–Trinajstić information content (AvgIpc) is 2.86. The van der Waals surface area contributed by atoms with Gasteiger partial charge in [-0.2, -0.15) is 0 Å². The predicted octanol–water partition coefficient (Wildman–Crippen LogP) is 3.23. The molecule has 1 fully saturated rings. The van der Waals surface area contributed by atoms with Crippen LogP contribution in [0.2, 0.25) is 0 Å². The molecule has 202 valence electrons. The van der Waals surface area contributed by atoms with Crippen LogP contribution in [0.15, 0.2) is 24.3 Å². The van der Waals surface area contributed by atoms with Crippen LogP contribution in [0.4, 0.5) is 4.79 Å². The molecule has 0 aliphatic carbocycles. The quantitative estimate of drug-likeness (QED) is 0.356. The second kappa shape index (κ2) is 14.3. The molecule has 0 spiro atoms. The maximum Gasteiger partial charge on any atom is 0.326 e. The lowest BCUT2D eigenvalue weighted by Gasteiger charge is -2.53. The van der Waals surface area contributed by atoms with Crippen LogP contribution in [0.3, 0.4) is 0 Å². The molecule has 36 heavy (non-hydrogen) atoms. The third-order valence-electron chi connectivity index (χ3n) is 7.05. The molecule has 4 amide bonds. The van der Waals surface area contributed by atoms with Crippen molar-refractivity contribution in [3.63, 3.8) is 0 Å². The number of hydrogen-bond acceptors (Lipinski definition) is 6. The number of rotatable bonds is 15. The highest BCUT2D eigenvalue weighted by Gasteiger charge is 2.62. The zero-order chi connectivity index (χ0) is 26.7. The van der Waals surface area contributed by atoms with Gasteiger partial charge in [0, 0.05) is 26.7 Å². The number of ether oxygens (including phenoxy) is 2. The van der Waals surface area contributed by atoms with Crippen LogP contribution in [0.1, 0.15) is 63.6 Å². The van der Waals surface area contributed by atoms with Crippen LogP contribution in [-0.4, -0.2) is 80.9 Å².